The number of rotatable bonds is 9. The van der Waals surface area contributed by atoms with Crippen LogP contribution in [0.5, 0.6) is 0 Å². The minimum Gasteiger partial charge on any atom is -0.478 e. The molecule has 0 saturated heterocycles. The van der Waals surface area contributed by atoms with Gasteiger partial charge >= 0.3 is 5.97 Å². The Hall–Kier alpha value is -1.85. The topological polar surface area (TPSA) is 71.7 Å². The van der Waals surface area contributed by atoms with Crippen molar-refractivity contribution < 1.29 is 19.1 Å². The maximum absolute atomic E-state index is 11.4. The molecule has 0 fully saturated rings. The molecule has 0 aliphatic carbocycles. The van der Waals surface area contributed by atoms with Gasteiger partial charge in [-0.05, 0) is 31.9 Å². The lowest BCUT2D eigenvalue weighted by molar-refractivity contribution is 0.0696. The number of hydrogen-bond acceptors (Lipinski definition) is 4. The lowest BCUT2D eigenvalue weighted by Crippen LogP contribution is -2.16. The molecule has 1 aromatic carbocycles. The van der Waals surface area contributed by atoms with E-state index in [0.717, 1.165) is 32.4 Å². The van der Waals surface area contributed by atoms with Gasteiger partial charge < -0.3 is 19.6 Å². The van der Waals surface area contributed by atoms with E-state index in [9.17, 15) is 9.90 Å². The highest BCUT2D eigenvalue weighted by Crippen LogP contribution is 2.25. The predicted molar refractivity (Wildman–Crippen MR) is 80.6 cm³/mol. The van der Waals surface area contributed by atoms with Crippen molar-refractivity contribution in [1.29, 1.82) is 0 Å². The van der Waals surface area contributed by atoms with Gasteiger partial charge in [-0.15, -0.1) is 0 Å². The fourth-order valence-electron chi connectivity index (χ4n) is 2.33. The molecule has 1 heterocycles. The number of fused-ring (bicyclic) bond motifs is 1. The highest BCUT2D eigenvalue weighted by molar-refractivity contribution is 6.03. The largest absolute Gasteiger partial charge is 0.478 e. The summed E-state index contributed by atoms with van der Waals surface area (Å²) in [5.74, 6) is -0.461. The fraction of sp³-hybridized carbons (Fsp3) is 0.438. The van der Waals surface area contributed by atoms with Crippen molar-refractivity contribution in [3.05, 3.63) is 35.6 Å². The van der Waals surface area contributed by atoms with E-state index in [4.69, 9.17) is 9.15 Å². The number of carboxylic acids is 1. The zero-order chi connectivity index (χ0) is 15.1. The van der Waals surface area contributed by atoms with Crippen LogP contribution in [0.15, 0.2) is 28.7 Å². The number of methoxy groups -OCH3 is 1. The molecule has 2 aromatic rings. The number of para-hydroxylation sites is 1. The number of aromatic carboxylic acids is 1. The predicted octanol–water partition coefficient (Wildman–Crippen LogP) is 3.04. The molecule has 0 spiro atoms. The summed E-state index contributed by atoms with van der Waals surface area (Å²) in [4.78, 5) is 11.4. The maximum Gasteiger partial charge on any atom is 0.339 e. The fourth-order valence-corrected chi connectivity index (χ4v) is 2.33. The standard InChI is InChI=1S/C16H21NO4/c1-20-10-6-2-5-9-17-11-14-15(16(18)19)12-7-3-4-8-13(12)21-14/h3-4,7-8,17H,2,5-6,9-11H2,1H3,(H,18,19). The number of furan rings is 1. The molecule has 0 bridgehead atoms. The van der Waals surface area contributed by atoms with E-state index in [2.05, 4.69) is 5.32 Å². The zero-order valence-electron chi connectivity index (χ0n) is 12.2. The lowest BCUT2D eigenvalue weighted by Gasteiger charge is -2.03. The Morgan fingerprint density at radius 3 is 2.86 bits per heavy atom. The minimum absolute atomic E-state index is 0.262. The third-order valence-electron chi connectivity index (χ3n) is 3.37. The van der Waals surface area contributed by atoms with Crippen molar-refractivity contribution in [1.82, 2.24) is 5.32 Å². The average Bonchev–Trinajstić information content (AvgIpc) is 2.84. The SMILES string of the molecule is COCCCCCNCc1oc2ccccc2c1C(=O)O. The summed E-state index contributed by atoms with van der Waals surface area (Å²) >= 11 is 0. The molecule has 0 saturated carbocycles. The maximum atomic E-state index is 11.4. The van der Waals surface area contributed by atoms with Crippen molar-refractivity contribution in [2.24, 2.45) is 0 Å². The van der Waals surface area contributed by atoms with Crippen LogP contribution in [0.1, 0.15) is 35.4 Å². The normalized spacial score (nSPS) is 11.1. The van der Waals surface area contributed by atoms with Crippen molar-refractivity contribution in [3.63, 3.8) is 0 Å². The van der Waals surface area contributed by atoms with Crippen molar-refractivity contribution in [2.45, 2.75) is 25.8 Å². The van der Waals surface area contributed by atoms with Crippen LogP contribution in [0.2, 0.25) is 0 Å². The van der Waals surface area contributed by atoms with E-state index < -0.39 is 5.97 Å². The molecule has 0 unspecified atom stereocenters. The first-order valence-corrected chi connectivity index (χ1v) is 7.17. The molecule has 21 heavy (non-hydrogen) atoms. The van der Waals surface area contributed by atoms with Crippen LogP contribution in [0.25, 0.3) is 11.0 Å². The highest BCUT2D eigenvalue weighted by atomic mass is 16.5. The summed E-state index contributed by atoms with van der Waals surface area (Å²) in [6.07, 6.45) is 3.17. The summed E-state index contributed by atoms with van der Waals surface area (Å²) in [5.41, 5.74) is 0.879. The Balaban J connectivity index is 1.92. The Bertz CT molecular complexity index is 591. The molecule has 1 aromatic heterocycles. The van der Waals surface area contributed by atoms with Gasteiger partial charge in [-0.3, -0.25) is 0 Å². The number of carboxylic acid groups (broad SMARTS) is 1. The van der Waals surface area contributed by atoms with Crippen molar-refractivity contribution in [3.8, 4) is 0 Å². The third-order valence-corrected chi connectivity index (χ3v) is 3.37. The van der Waals surface area contributed by atoms with Gasteiger partial charge in [-0.1, -0.05) is 18.2 Å². The van der Waals surface area contributed by atoms with E-state index in [1.165, 1.54) is 0 Å². The minimum atomic E-state index is -0.947. The molecule has 0 aliphatic rings. The van der Waals surface area contributed by atoms with Gasteiger partial charge in [-0.2, -0.15) is 0 Å². The number of ether oxygens (including phenoxy) is 1. The van der Waals surface area contributed by atoms with Gasteiger partial charge in [0.2, 0.25) is 0 Å². The molecule has 2 N–H and O–H groups in total. The first kappa shape index (κ1) is 15.5. The molecular formula is C16H21NO4. The summed E-state index contributed by atoms with van der Waals surface area (Å²) in [5, 5.41) is 13.2. The van der Waals surface area contributed by atoms with Crippen LogP contribution < -0.4 is 5.32 Å². The molecule has 114 valence electrons. The molecule has 0 atom stereocenters. The Kier molecular flexibility index (Phi) is 5.78. The van der Waals surface area contributed by atoms with Crippen LogP contribution in [0.3, 0.4) is 0 Å². The van der Waals surface area contributed by atoms with Gasteiger partial charge in [0.25, 0.3) is 0 Å². The first-order chi connectivity index (χ1) is 10.2. The van der Waals surface area contributed by atoms with Crippen LogP contribution in [0, 0.1) is 0 Å². The number of benzene rings is 1. The zero-order valence-corrected chi connectivity index (χ0v) is 12.2. The van der Waals surface area contributed by atoms with Gasteiger partial charge in [-0.25, -0.2) is 4.79 Å². The quantitative estimate of drug-likeness (QED) is 0.695. The molecule has 5 heteroatoms. The Morgan fingerprint density at radius 1 is 1.29 bits per heavy atom. The van der Waals surface area contributed by atoms with Crippen LogP contribution in [0.4, 0.5) is 0 Å². The Morgan fingerprint density at radius 2 is 2.10 bits per heavy atom. The highest BCUT2D eigenvalue weighted by Gasteiger charge is 2.19. The first-order valence-electron chi connectivity index (χ1n) is 7.17. The summed E-state index contributed by atoms with van der Waals surface area (Å²) in [7, 11) is 1.70. The molecule has 0 aliphatic heterocycles. The van der Waals surface area contributed by atoms with E-state index >= 15 is 0 Å². The molecule has 5 nitrogen and oxygen atoms in total. The van der Waals surface area contributed by atoms with Gasteiger partial charge in [0, 0.05) is 19.1 Å². The summed E-state index contributed by atoms with van der Waals surface area (Å²) < 4.78 is 10.6. The molecule has 0 radical (unpaired) electrons. The Labute approximate surface area is 123 Å². The van der Waals surface area contributed by atoms with Gasteiger partial charge in [0.1, 0.15) is 16.9 Å². The smallest absolute Gasteiger partial charge is 0.339 e. The van der Waals surface area contributed by atoms with Crippen LogP contribution >= 0.6 is 0 Å². The van der Waals surface area contributed by atoms with Gasteiger partial charge in [0.15, 0.2) is 0 Å². The second-order valence-electron chi connectivity index (χ2n) is 4.93. The van der Waals surface area contributed by atoms with Crippen molar-refractivity contribution in [2.75, 3.05) is 20.3 Å². The van der Waals surface area contributed by atoms with E-state index in [1.807, 2.05) is 12.1 Å². The molecule has 0 amide bonds. The van der Waals surface area contributed by atoms with E-state index in [0.29, 0.717) is 23.3 Å². The average molecular weight is 291 g/mol. The lowest BCUT2D eigenvalue weighted by atomic mass is 10.1. The number of nitrogens with one attached hydrogen (secondary N) is 1. The molecular weight excluding hydrogens is 270 g/mol. The third kappa shape index (κ3) is 4.06. The van der Waals surface area contributed by atoms with Crippen molar-refractivity contribution >= 4 is 16.9 Å². The second-order valence-corrected chi connectivity index (χ2v) is 4.93. The summed E-state index contributed by atoms with van der Waals surface area (Å²) in [6, 6.07) is 7.22. The number of unbranched alkanes of at least 4 members (excludes halogenated alkanes) is 2. The monoisotopic (exact) mass is 291 g/mol. The number of hydrogen-bond donors (Lipinski definition) is 2. The van der Waals surface area contributed by atoms with Gasteiger partial charge in [0.05, 0.1) is 6.54 Å². The van der Waals surface area contributed by atoms with E-state index in [-0.39, 0.29) is 5.56 Å². The van der Waals surface area contributed by atoms with Crippen LogP contribution in [-0.2, 0) is 11.3 Å². The molecule has 2 rings (SSSR count). The number of carbonyl (C=O) groups is 1. The summed E-state index contributed by atoms with van der Waals surface area (Å²) in [6.45, 7) is 2.05. The van der Waals surface area contributed by atoms with E-state index in [1.54, 1.807) is 19.2 Å². The second kappa shape index (κ2) is 7.81. The van der Waals surface area contributed by atoms with Crippen LogP contribution in [-0.4, -0.2) is 31.3 Å².